The molecule has 0 aliphatic carbocycles. The van der Waals surface area contributed by atoms with Crippen LogP contribution in [0.25, 0.3) is 0 Å². The average Bonchev–Trinajstić information content (AvgIpc) is 2.78. The second kappa shape index (κ2) is 5.60. The second-order valence-electron chi connectivity index (χ2n) is 4.70. The third-order valence-electron chi connectivity index (χ3n) is 3.25. The first kappa shape index (κ1) is 15.7. The van der Waals surface area contributed by atoms with E-state index in [1.807, 2.05) is 0 Å². The van der Waals surface area contributed by atoms with Crippen molar-refractivity contribution in [3.8, 4) is 0 Å². The zero-order chi connectivity index (χ0) is 15.8. The van der Waals surface area contributed by atoms with E-state index >= 15 is 0 Å². The van der Waals surface area contributed by atoms with Gasteiger partial charge in [-0.25, -0.2) is 13.2 Å². The Balaban J connectivity index is 2.48. The van der Waals surface area contributed by atoms with Crippen molar-refractivity contribution in [3.05, 3.63) is 23.8 Å². The van der Waals surface area contributed by atoms with Crippen LogP contribution >= 0.6 is 0 Å². The zero-order valence-corrected chi connectivity index (χ0v) is 12.1. The predicted octanol–water partition coefficient (Wildman–Crippen LogP) is -1.22. The molecule has 21 heavy (non-hydrogen) atoms. The molecule has 0 saturated carbocycles. The van der Waals surface area contributed by atoms with Gasteiger partial charge >= 0.3 is 5.97 Å². The number of ether oxygens (including phenoxy) is 1. The number of methoxy groups -OCH3 is 1. The number of nitrogens with two attached hydrogens (primary N) is 1. The number of β-amino-alcohol motifs (C(OH)–C–C–N with tert-alkyl or cyclic N) is 2. The fourth-order valence-electron chi connectivity index (χ4n) is 2.11. The van der Waals surface area contributed by atoms with Crippen molar-refractivity contribution >= 4 is 21.7 Å². The van der Waals surface area contributed by atoms with Crippen molar-refractivity contribution in [2.24, 2.45) is 0 Å². The maximum Gasteiger partial charge on any atom is 0.339 e. The summed E-state index contributed by atoms with van der Waals surface area (Å²) in [6, 6.07) is 3.76. The third-order valence-corrected chi connectivity index (χ3v) is 5.14. The number of anilines is 1. The summed E-state index contributed by atoms with van der Waals surface area (Å²) in [7, 11) is -2.92. The van der Waals surface area contributed by atoms with Crippen LogP contribution < -0.4 is 5.73 Å². The van der Waals surface area contributed by atoms with Crippen molar-refractivity contribution in [3.63, 3.8) is 0 Å². The standard InChI is InChI=1S/C12H16N2O6S/c1-20-12(17)8-4-7(13)2-3-11(8)21(18,19)14-5-9(15)10(16)6-14/h2-4,9-10,15-16H,5-6,13H2,1H3/t9-,10+. The smallest absolute Gasteiger partial charge is 0.339 e. The average molecular weight is 316 g/mol. The molecule has 1 aliphatic rings. The van der Waals surface area contributed by atoms with Crippen LogP contribution in [0.1, 0.15) is 10.4 Å². The summed E-state index contributed by atoms with van der Waals surface area (Å²) < 4.78 is 30.5. The van der Waals surface area contributed by atoms with Crippen LogP contribution in [-0.2, 0) is 14.8 Å². The minimum absolute atomic E-state index is 0.187. The molecule has 9 heteroatoms. The van der Waals surface area contributed by atoms with Crippen molar-refractivity contribution in [2.45, 2.75) is 17.1 Å². The van der Waals surface area contributed by atoms with E-state index in [2.05, 4.69) is 4.74 Å². The minimum atomic E-state index is -4.05. The monoisotopic (exact) mass is 316 g/mol. The fraction of sp³-hybridized carbons (Fsp3) is 0.417. The second-order valence-corrected chi connectivity index (χ2v) is 6.61. The summed E-state index contributed by atoms with van der Waals surface area (Å²) in [6.45, 7) is -0.483. The molecule has 1 aromatic carbocycles. The molecule has 1 aromatic rings. The van der Waals surface area contributed by atoms with Crippen LogP contribution in [0, 0.1) is 0 Å². The highest BCUT2D eigenvalue weighted by molar-refractivity contribution is 7.89. The molecule has 1 aliphatic heterocycles. The number of hydrogen-bond donors (Lipinski definition) is 3. The molecular formula is C12H16N2O6S. The van der Waals surface area contributed by atoms with Gasteiger partial charge in [0.25, 0.3) is 0 Å². The molecule has 0 spiro atoms. The molecular weight excluding hydrogens is 300 g/mol. The Morgan fingerprint density at radius 3 is 2.43 bits per heavy atom. The number of benzene rings is 1. The minimum Gasteiger partial charge on any atom is -0.465 e. The molecule has 1 fully saturated rings. The number of rotatable bonds is 3. The van der Waals surface area contributed by atoms with Crippen LogP contribution in [0.15, 0.2) is 23.1 Å². The molecule has 0 amide bonds. The van der Waals surface area contributed by atoms with Crippen LogP contribution in [0.5, 0.6) is 0 Å². The van der Waals surface area contributed by atoms with Crippen molar-refractivity contribution in [1.82, 2.24) is 4.31 Å². The van der Waals surface area contributed by atoms with E-state index in [0.717, 1.165) is 11.4 Å². The summed E-state index contributed by atoms with van der Waals surface area (Å²) in [5.41, 5.74) is 5.60. The molecule has 0 radical (unpaired) electrons. The van der Waals surface area contributed by atoms with E-state index in [1.54, 1.807) is 0 Å². The van der Waals surface area contributed by atoms with E-state index in [1.165, 1.54) is 18.2 Å². The normalized spacial score (nSPS) is 23.2. The number of esters is 1. The van der Waals surface area contributed by atoms with E-state index in [0.29, 0.717) is 0 Å². The first-order valence-corrected chi connectivity index (χ1v) is 7.55. The molecule has 1 heterocycles. The lowest BCUT2D eigenvalue weighted by molar-refractivity contribution is 0.0572. The Labute approximate surface area is 121 Å². The fourth-order valence-corrected chi connectivity index (χ4v) is 3.75. The van der Waals surface area contributed by atoms with Crippen LogP contribution in [0.3, 0.4) is 0 Å². The molecule has 8 nitrogen and oxygen atoms in total. The predicted molar refractivity (Wildman–Crippen MR) is 73.0 cm³/mol. The number of hydrogen-bond acceptors (Lipinski definition) is 7. The number of nitrogen functional groups attached to an aromatic ring is 1. The lowest BCUT2D eigenvalue weighted by Gasteiger charge is -2.17. The van der Waals surface area contributed by atoms with Gasteiger partial charge in [0.05, 0.1) is 29.8 Å². The Kier molecular flexibility index (Phi) is 4.19. The molecule has 0 bridgehead atoms. The molecule has 116 valence electrons. The Bertz CT molecular complexity index is 650. The quantitative estimate of drug-likeness (QED) is 0.471. The summed E-state index contributed by atoms with van der Waals surface area (Å²) >= 11 is 0. The van der Waals surface area contributed by atoms with Gasteiger partial charge in [0.2, 0.25) is 10.0 Å². The number of aliphatic hydroxyl groups excluding tert-OH is 2. The number of carbonyl (C=O) groups is 1. The number of sulfonamides is 1. The first-order valence-electron chi connectivity index (χ1n) is 6.11. The SMILES string of the molecule is COC(=O)c1cc(N)ccc1S(=O)(=O)N1C[C@@H](O)[C@@H](O)C1. The van der Waals surface area contributed by atoms with Crippen LogP contribution in [0.2, 0.25) is 0 Å². The summed E-state index contributed by atoms with van der Waals surface area (Å²) in [4.78, 5) is 11.4. The lowest BCUT2D eigenvalue weighted by Crippen LogP contribution is -2.31. The molecule has 4 N–H and O–H groups in total. The van der Waals surface area contributed by atoms with Gasteiger partial charge in [-0.1, -0.05) is 0 Å². The molecule has 2 rings (SSSR count). The van der Waals surface area contributed by atoms with Crippen molar-refractivity contribution in [1.29, 1.82) is 0 Å². The van der Waals surface area contributed by atoms with Crippen LogP contribution in [0.4, 0.5) is 5.69 Å². The Morgan fingerprint density at radius 1 is 1.33 bits per heavy atom. The number of aliphatic hydroxyl groups is 2. The maximum atomic E-state index is 12.5. The summed E-state index contributed by atoms with van der Waals surface area (Å²) in [6.07, 6.45) is -2.31. The Hall–Kier alpha value is -1.68. The highest BCUT2D eigenvalue weighted by atomic mass is 32.2. The molecule has 1 saturated heterocycles. The van der Waals surface area contributed by atoms with E-state index in [9.17, 15) is 23.4 Å². The molecule has 2 atom stereocenters. The van der Waals surface area contributed by atoms with Gasteiger partial charge in [-0.05, 0) is 18.2 Å². The van der Waals surface area contributed by atoms with Crippen molar-refractivity contribution < 1.29 is 28.2 Å². The maximum absolute atomic E-state index is 12.5. The highest BCUT2D eigenvalue weighted by Gasteiger charge is 2.39. The van der Waals surface area contributed by atoms with Gasteiger partial charge in [-0.3, -0.25) is 0 Å². The summed E-state index contributed by atoms with van der Waals surface area (Å²) in [5.74, 6) is -0.832. The Morgan fingerprint density at radius 2 is 1.90 bits per heavy atom. The zero-order valence-electron chi connectivity index (χ0n) is 11.3. The lowest BCUT2D eigenvalue weighted by atomic mass is 10.2. The van der Waals surface area contributed by atoms with Gasteiger partial charge in [-0.2, -0.15) is 4.31 Å². The number of carbonyl (C=O) groups excluding carboxylic acids is 1. The molecule has 0 aromatic heterocycles. The van der Waals surface area contributed by atoms with Gasteiger partial charge in [0.1, 0.15) is 0 Å². The molecule has 0 unspecified atom stereocenters. The van der Waals surface area contributed by atoms with E-state index in [4.69, 9.17) is 5.73 Å². The third kappa shape index (κ3) is 2.86. The van der Waals surface area contributed by atoms with E-state index < -0.39 is 28.2 Å². The van der Waals surface area contributed by atoms with Gasteiger partial charge in [-0.15, -0.1) is 0 Å². The van der Waals surface area contributed by atoms with Gasteiger partial charge < -0.3 is 20.7 Å². The van der Waals surface area contributed by atoms with Gasteiger partial charge in [0, 0.05) is 18.8 Å². The van der Waals surface area contributed by atoms with Gasteiger partial charge in [0.15, 0.2) is 0 Å². The topological polar surface area (TPSA) is 130 Å². The number of nitrogens with zero attached hydrogens (tertiary/aromatic N) is 1. The van der Waals surface area contributed by atoms with Crippen LogP contribution in [-0.4, -0.2) is 61.3 Å². The van der Waals surface area contributed by atoms with Crippen molar-refractivity contribution in [2.75, 3.05) is 25.9 Å². The highest BCUT2D eigenvalue weighted by Crippen LogP contribution is 2.26. The largest absolute Gasteiger partial charge is 0.465 e. The first-order chi connectivity index (χ1) is 9.77. The van der Waals surface area contributed by atoms with E-state index in [-0.39, 0.29) is 29.2 Å². The summed E-state index contributed by atoms with van der Waals surface area (Å²) in [5, 5.41) is 19.0.